The SMILES string of the molecule is CN[C@@H](Cc1ncc[nH]1)C(=O)OC12CC3C[C@H](C1)CC([C@H](N)C(=O)N1C4CC4C[C@H]1C#N)(C3)C2. The number of nitrogens with zero attached hydrogens (tertiary/aromatic N) is 3. The largest absolute Gasteiger partial charge is 0.458 e. The summed E-state index contributed by atoms with van der Waals surface area (Å²) in [6, 6.07) is 1.04. The number of piperidine rings is 1. The summed E-state index contributed by atoms with van der Waals surface area (Å²) in [5.41, 5.74) is 5.88. The molecule has 6 aliphatic rings. The van der Waals surface area contributed by atoms with Crippen LogP contribution in [-0.2, 0) is 20.7 Å². The quantitative estimate of drug-likeness (QED) is 0.515. The van der Waals surface area contributed by atoms with Crippen LogP contribution in [0.15, 0.2) is 12.4 Å². The third kappa shape index (κ3) is 3.45. The van der Waals surface area contributed by atoms with Crippen molar-refractivity contribution in [3.8, 4) is 6.07 Å². The van der Waals surface area contributed by atoms with Crippen molar-refractivity contribution in [1.82, 2.24) is 20.2 Å². The molecule has 6 fully saturated rings. The van der Waals surface area contributed by atoms with Crippen LogP contribution in [0.3, 0.4) is 0 Å². The molecule has 34 heavy (non-hydrogen) atoms. The van der Waals surface area contributed by atoms with E-state index >= 15 is 0 Å². The number of nitriles is 1. The fourth-order valence-electron chi connectivity index (χ4n) is 8.23. The molecule has 5 aliphatic carbocycles. The Labute approximate surface area is 199 Å². The van der Waals surface area contributed by atoms with Crippen LogP contribution >= 0.6 is 0 Å². The number of aromatic nitrogens is 2. The molecule has 9 atom stereocenters. The second-order valence-electron chi connectivity index (χ2n) is 11.7. The summed E-state index contributed by atoms with van der Waals surface area (Å²) in [4.78, 5) is 36.0. The van der Waals surface area contributed by atoms with Gasteiger partial charge in [-0.15, -0.1) is 0 Å². The molecule has 182 valence electrons. The van der Waals surface area contributed by atoms with Crippen molar-refractivity contribution >= 4 is 11.9 Å². The summed E-state index contributed by atoms with van der Waals surface area (Å²) >= 11 is 0. The highest BCUT2D eigenvalue weighted by Gasteiger charge is 2.64. The van der Waals surface area contributed by atoms with E-state index in [2.05, 4.69) is 21.4 Å². The average molecular weight is 467 g/mol. The summed E-state index contributed by atoms with van der Waals surface area (Å²) in [5.74, 6) is 1.72. The number of nitrogens with two attached hydrogens (primary N) is 1. The van der Waals surface area contributed by atoms with E-state index in [-0.39, 0.29) is 29.4 Å². The number of likely N-dealkylation sites (N-methyl/N-ethyl adjacent to an activating group) is 1. The van der Waals surface area contributed by atoms with Gasteiger partial charge in [0.05, 0.1) is 12.1 Å². The molecule has 0 aromatic carbocycles. The summed E-state index contributed by atoms with van der Waals surface area (Å²) in [6.07, 6.45) is 10.9. The molecule has 4 bridgehead atoms. The van der Waals surface area contributed by atoms with E-state index in [0.717, 1.165) is 50.8 Å². The van der Waals surface area contributed by atoms with Gasteiger partial charge in [0.1, 0.15) is 23.5 Å². The topological polar surface area (TPSA) is 137 Å². The summed E-state index contributed by atoms with van der Waals surface area (Å²) in [7, 11) is 1.76. The Morgan fingerprint density at radius 3 is 2.74 bits per heavy atom. The van der Waals surface area contributed by atoms with Gasteiger partial charge in [-0.25, -0.2) is 4.98 Å². The Bertz CT molecular complexity index is 1000. The molecule has 5 unspecified atom stereocenters. The van der Waals surface area contributed by atoms with E-state index in [1.54, 1.807) is 24.3 Å². The predicted octanol–water partition coefficient (Wildman–Crippen LogP) is 1.26. The minimum Gasteiger partial charge on any atom is -0.458 e. The minimum atomic E-state index is -0.644. The molecule has 9 nitrogen and oxygen atoms in total. The van der Waals surface area contributed by atoms with Crippen molar-refractivity contribution in [2.24, 2.45) is 28.9 Å². The number of carbonyl (C=O) groups excluding carboxylic acids is 2. The van der Waals surface area contributed by atoms with E-state index in [4.69, 9.17) is 10.5 Å². The predicted molar refractivity (Wildman–Crippen MR) is 122 cm³/mol. The average Bonchev–Trinajstić information content (AvgIpc) is 3.19. The van der Waals surface area contributed by atoms with Crippen LogP contribution in [0.1, 0.15) is 57.2 Å². The lowest BCUT2D eigenvalue weighted by atomic mass is 9.46. The highest BCUT2D eigenvalue weighted by Crippen LogP contribution is 2.64. The molecular weight excluding hydrogens is 432 g/mol. The summed E-state index contributed by atoms with van der Waals surface area (Å²) in [5, 5.41) is 12.7. The van der Waals surface area contributed by atoms with Crippen molar-refractivity contribution in [3.63, 3.8) is 0 Å². The fraction of sp³-hybridized carbons (Fsp3) is 0.760. The minimum absolute atomic E-state index is 0.0640. The third-order valence-electron chi connectivity index (χ3n) is 9.39. The first kappa shape index (κ1) is 22.1. The Morgan fingerprint density at radius 2 is 2.09 bits per heavy atom. The number of hydrogen-bond acceptors (Lipinski definition) is 7. The van der Waals surface area contributed by atoms with Gasteiger partial charge in [0.2, 0.25) is 5.91 Å². The number of fused-ring (bicyclic) bond motifs is 1. The number of esters is 1. The van der Waals surface area contributed by atoms with Crippen molar-refractivity contribution < 1.29 is 14.3 Å². The normalized spacial score (nSPS) is 41.0. The van der Waals surface area contributed by atoms with Crippen LogP contribution in [0.25, 0.3) is 0 Å². The van der Waals surface area contributed by atoms with Crippen LogP contribution in [0.5, 0.6) is 0 Å². The highest BCUT2D eigenvalue weighted by atomic mass is 16.6. The number of rotatable bonds is 7. The first-order valence-electron chi connectivity index (χ1n) is 12.7. The molecule has 0 radical (unpaired) electrons. The van der Waals surface area contributed by atoms with Crippen LogP contribution in [0.2, 0.25) is 0 Å². The zero-order valence-electron chi connectivity index (χ0n) is 19.7. The zero-order chi connectivity index (χ0) is 23.7. The molecule has 1 aliphatic heterocycles. The fourth-order valence-corrected chi connectivity index (χ4v) is 8.23. The standard InChI is InChI=1S/C25H34N6O3/c1-28-18(7-20-29-2-3-30-20)23(33)34-25-10-14-4-15(11-25)9-24(8-14,13-25)21(27)22(32)31-17(12-26)5-16-6-19(16)31/h2-3,14-19,21,28H,4-11,13,27H2,1H3,(H,29,30)/t14-,15?,16?,17-,18-,19?,21+,24?,25?/m0/s1. The first-order chi connectivity index (χ1) is 16.4. The molecule has 0 spiro atoms. The zero-order valence-corrected chi connectivity index (χ0v) is 19.7. The van der Waals surface area contributed by atoms with Gasteiger partial charge >= 0.3 is 5.97 Å². The maximum Gasteiger partial charge on any atom is 0.324 e. The van der Waals surface area contributed by atoms with Gasteiger partial charge in [0, 0.05) is 24.9 Å². The van der Waals surface area contributed by atoms with Crippen LogP contribution in [-0.4, -0.2) is 63.6 Å². The van der Waals surface area contributed by atoms with Crippen LogP contribution in [0.4, 0.5) is 0 Å². The maximum atomic E-state index is 13.6. The van der Waals surface area contributed by atoms with E-state index in [9.17, 15) is 14.9 Å². The van der Waals surface area contributed by atoms with Crippen molar-refractivity contribution in [3.05, 3.63) is 18.2 Å². The third-order valence-corrected chi connectivity index (χ3v) is 9.39. The van der Waals surface area contributed by atoms with E-state index in [1.807, 2.05) is 0 Å². The van der Waals surface area contributed by atoms with Gasteiger partial charge in [-0.1, -0.05) is 0 Å². The van der Waals surface area contributed by atoms with E-state index in [0.29, 0.717) is 30.6 Å². The number of H-pyrrole nitrogens is 1. The molecule has 1 saturated heterocycles. The second-order valence-corrected chi connectivity index (χ2v) is 11.7. The lowest BCUT2D eigenvalue weighted by molar-refractivity contribution is -0.207. The lowest BCUT2D eigenvalue weighted by Crippen LogP contribution is -2.66. The van der Waals surface area contributed by atoms with Gasteiger partial charge in [-0.05, 0) is 81.6 Å². The van der Waals surface area contributed by atoms with Crippen LogP contribution in [0, 0.1) is 34.5 Å². The second kappa shape index (κ2) is 7.79. The monoisotopic (exact) mass is 466 g/mol. The van der Waals surface area contributed by atoms with Crippen molar-refractivity contribution in [1.29, 1.82) is 5.26 Å². The van der Waals surface area contributed by atoms with Gasteiger partial charge in [0.25, 0.3) is 0 Å². The molecule has 7 rings (SSSR count). The number of amides is 1. The Balaban J connectivity index is 1.21. The Hall–Kier alpha value is -2.44. The smallest absolute Gasteiger partial charge is 0.324 e. The lowest BCUT2D eigenvalue weighted by Gasteiger charge is -2.62. The van der Waals surface area contributed by atoms with E-state index < -0.39 is 17.7 Å². The molecular formula is C25H34N6O3. The summed E-state index contributed by atoms with van der Waals surface area (Å²) < 4.78 is 6.33. The van der Waals surface area contributed by atoms with Gasteiger partial charge in [0.15, 0.2) is 0 Å². The number of ether oxygens (including phenoxy) is 1. The van der Waals surface area contributed by atoms with Crippen molar-refractivity contribution in [2.75, 3.05) is 7.05 Å². The number of carbonyl (C=O) groups is 2. The van der Waals surface area contributed by atoms with Gasteiger partial charge < -0.3 is 25.7 Å². The van der Waals surface area contributed by atoms with Crippen LogP contribution < -0.4 is 11.1 Å². The van der Waals surface area contributed by atoms with Gasteiger partial charge in [-0.2, -0.15) is 5.26 Å². The number of hydrogen-bond donors (Lipinski definition) is 3. The molecule has 1 aromatic rings. The molecule has 5 saturated carbocycles. The number of aromatic amines is 1. The molecule has 2 heterocycles. The Kier molecular flexibility index (Phi) is 5.05. The number of imidazole rings is 1. The molecule has 1 amide bonds. The van der Waals surface area contributed by atoms with Gasteiger partial charge in [-0.3, -0.25) is 9.59 Å². The number of likely N-dealkylation sites (tertiary alicyclic amines) is 1. The molecule has 4 N–H and O–H groups in total. The highest BCUT2D eigenvalue weighted by molar-refractivity contribution is 5.84. The number of nitrogens with one attached hydrogen (secondary N) is 2. The van der Waals surface area contributed by atoms with Crippen molar-refractivity contribution in [2.45, 2.75) is 87.6 Å². The van der Waals surface area contributed by atoms with E-state index in [1.165, 1.54) is 0 Å². The molecule has 9 heteroatoms. The maximum absolute atomic E-state index is 13.6. The first-order valence-corrected chi connectivity index (χ1v) is 12.7. The molecule has 1 aromatic heterocycles. The summed E-state index contributed by atoms with van der Waals surface area (Å²) in [6.45, 7) is 0. The Morgan fingerprint density at radius 1 is 1.32 bits per heavy atom.